The number of nitrogens with zero attached hydrogens (tertiary/aromatic N) is 1. The number of amides is 2. The van der Waals surface area contributed by atoms with Gasteiger partial charge in [-0.2, -0.15) is 0 Å². The van der Waals surface area contributed by atoms with E-state index in [-0.39, 0.29) is 17.8 Å². The summed E-state index contributed by atoms with van der Waals surface area (Å²) >= 11 is 0. The van der Waals surface area contributed by atoms with E-state index < -0.39 is 6.04 Å². The summed E-state index contributed by atoms with van der Waals surface area (Å²) in [7, 11) is 0. The van der Waals surface area contributed by atoms with E-state index in [0.717, 1.165) is 51.5 Å². The summed E-state index contributed by atoms with van der Waals surface area (Å²) in [6, 6.07) is 14.2. The van der Waals surface area contributed by atoms with E-state index in [1.54, 1.807) is 6.92 Å². The van der Waals surface area contributed by atoms with Crippen LogP contribution in [0.4, 0.5) is 0 Å². The molecule has 0 saturated heterocycles. The Hall–Kier alpha value is -3.22. The molecule has 0 aliphatic carbocycles. The third-order valence-electron chi connectivity index (χ3n) is 9.22. The van der Waals surface area contributed by atoms with Gasteiger partial charge in [0, 0.05) is 37.9 Å². The summed E-state index contributed by atoms with van der Waals surface area (Å²) in [5.74, 6) is -0.340. The molecule has 0 bridgehead atoms. The lowest BCUT2D eigenvalue weighted by Gasteiger charge is -2.17. The minimum atomic E-state index is -0.620. The van der Waals surface area contributed by atoms with Crippen LogP contribution in [0.1, 0.15) is 155 Å². The van der Waals surface area contributed by atoms with Crippen LogP contribution in [-0.2, 0) is 25.7 Å². The van der Waals surface area contributed by atoms with Crippen LogP contribution >= 0.6 is 0 Å². The molecule has 0 saturated carbocycles. The number of carbonyl (C=O) groups excluding carboxylic acids is 3. The molecule has 7 nitrogen and oxygen atoms in total. The molecule has 1 unspecified atom stereocenters. The van der Waals surface area contributed by atoms with Gasteiger partial charge >= 0.3 is 5.97 Å². The molecule has 7 heteroatoms. The van der Waals surface area contributed by atoms with Crippen molar-refractivity contribution in [2.75, 3.05) is 13.2 Å². The Morgan fingerprint density at radius 1 is 0.612 bits per heavy atom. The third kappa shape index (κ3) is 21.5. The van der Waals surface area contributed by atoms with Gasteiger partial charge in [-0.25, -0.2) is 9.36 Å². The van der Waals surface area contributed by atoms with Gasteiger partial charge in [0.25, 0.3) is 0 Å². The summed E-state index contributed by atoms with van der Waals surface area (Å²) in [5.41, 5.74) is 2.50. The zero-order valence-electron chi connectivity index (χ0n) is 31.0. The van der Waals surface area contributed by atoms with Gasteiger partial charge in [-0.05, 0) is 56.6 Å². The molecule has 1 atom stereocenters. The quantitative estimate of drug-likeness (QED) is 0.0490. The molecule has 2 rings (SSSR count). The number of unbranched alkanes of at least 4 members (excludes halogenated alkanes) is 16. The van der Waals surface area contributed by atoms with Crippen LogP contribution in [0.3, 0.4) is 0 Å². The van der Waals surface area contributed by atoms with Crippen LogP contribution in [0.15, 0.2) is 54.9 Å². The van der Waals surface area contributed by atoms with Gasteiger partial charge in [-0.1, -0.05) is 121 Å². The van der Waals surface area contributed by atoms with Crippen molar-refractivity contribution in [3.8, 4) is 11.1 Å². The van der Waals surface area contributed by atoms with E-state index in [0.29, 0.717) is 32.4 Å². The van der Waals surface area contributed by atoms with E-state index in [1.807, 2.05) is 6.07 Å². The molecule has 274 valence electrons. The number of benzene rings is 1. The highest BCUT2D eigenvalue weighted by Gasteiger charge is 2.21. The Balaban J connectivity index is 1.46. The van der Waals surface area contributed by atoms with E-state index in [2.05, 4.69) is 70.9 Å². The Morgan fingerprint density at radius 2 is 1.14 bits per heavy atom. The van der Waals surface area contributed by atoms with Crippen molar-refractivity contribution in [3.63, 3.8) is 0 Å². The maximum Gasteiger partial charge on any atom is 0.328 e. The van der Waals surface area contributed by atoms with Crippen molar-refractivity contribution >= 4 is 17.8 Å². The number of rotatable bonds is 30. The second-order valence-electron chi connectivity index (χ2n) is 13.6. The standard InChI is InChI=1S/C42H67N3O4/c1-3-5-6-7-8-9-12-15-21-29-40(46)43-33-24-23-28-39(42(48)49-4-2)44-41(47)30-22-16-13-10-11-14-17-25-34-45-35-31-38(32-36-45)37-26-19-18-20-27-37/h18-20,26-27,31-32,35-36,39H,3-17,21-25,28-30,33-34H2,1-2H3,(H-,43,44,46,47)/p+1. The summed E-state index contributed by atoms with van der Waals surface area (Å²) in [4.78, 5) is 37.2. The fourth-order valence-corrected chi connectivity index (χ4v) is 6.21. The van der Waals surface area contributed by atoms with Crippen molar-refractivity contribution in [3.05, 3.63) is 54.9 Å². The van der Waals surface area contributed by atoms with Crippen molar-refractivity contribution < 1.29 is 23.7 Å². The first-order valence-electron chi connectivity index (χ1n) is 19.8. The van der Waals surface area contributed by atoms with Crippen LogP contribution in [0.2, 0.25) is 0 Å². The molecule has 1 aromatic heterocycles. The van der Waals surface area contributed by atoms with Crippen molar-refractivity contribution in [2.24, 2.45) is 0 Å². The summed E-state index contributed by atoms with van der Waals surface area (Å²) < 4.78 is 7.48. The molecule has 2 N–H and O–H groups in total. The molecule has 1 aromatic carbocycles. The lowest BCUT2D eigenvalue weighted by Crippen LogP contribution is -2.41. The first-order chi connectivity index (χ1) is 24.0. The van der Waals surface area contributed by atoms with Crippen LogP contribution in [0.25, 0.3) is 11.1 Å². The highest BCUT2D eigenvalue weighted by Crippen LogP contribution is 2.17. The van der Waals surface area contributed by atoms with Crippen LogP contribution < -0.4 is 15.2 Å². The number of ether oxygens (including phenoxy) is 1. The number of aromatic nitrogens is 1. The Labute approximate surface area is 298 Å². The predicted octanol–water partition coefficient (Wildman–Crippen LogP) is 9.41. The number of nitrogens with one attached hydrogen (secondary N) is 2. The largest absolute Gasteiger partial charge is 0.464 e. The fraction of sp³-hybridized carbons (Fsp3) is 0.667. The lowest BCUT2D eigenvalue weighted by atomic mass is 10.1. The predicted molar refractivity (Wildman–Crippen MR) is 201 cm³/mol. The summed E-state index contributed by atoms with van der Waals surface area (Å²) in [5, 5.41) is 5.91. The number of carbonyl (C=O) groups is 3. The molecule has 0 aliphatic heterocycles. The molecular weight excluding hydrogens is 610 g/mol. The monoisotopic (exact) mass is 679 g/mol. The second-order valence-corrected chi connectivity index (χ2v) is 13.6. The average molecular weight is 679 g/mol. The number of aryl methyl sites for hydroxylation is 1. The molecular formula is C42H68N3O4+. The van der Waals surface area contributed by atoms with Gasteiger partial charge in [0.05, 0.1) is 6.61 Å². The highest BCUT2D eigenvalue weighted by molar-refractivity contribution is 5.84. The molecule has 0 fully saturated rings. The third-order valence-corrected chi connectivity index (χ3v) is 9.22. The fourth-order valence-electron chi connectivity index (χ4n) is 6.21. The molecule has 0 aliphatic rings. The van der Waals surface area contributed by atoms with Crippen molar-refractivity contribution in [1.29, 1.82) is 0 Å². The molecule has 2 aromatic rings. The first kappa shape index (κ1) is 41.9. The smallest absolute Gasteiger partial charge is 0.328 e. The van der Waals surface area contributed by atoms with E-state index in [4.69, 9.17) is 4.74 Å². The normalized spacial score (nSPS) is 11.6. The van der Waals surface area contributed by atoms with Gasteiger partial charge in [-0.15, -0.1) is 0 Å². The average Bonchev–Trinajstić information content (AvgIpc) is 3.11. The topological polar surface area (TPSA) is 88.4 Å². The number of hydrogen-bond acceptors (Lipinski definition) is 4. The lowest BCUT2D eigenvalue weighted by molar-refractivity contribution is -0.697. The molecule has 0 spiro atoms. The van der Waals surface area contributed by atoms with Gasteiger partial charge in [-0.3, -0.25) is 9.59 Å². The second kappa shape index (κ2) is 28.6. The Morgan fingerprint density at radius 3 is 1.73 bits per heavy atom. The number of hydrogen-bond donors (Lipinski definition) is 2. The SMILES string of the molecule is CCCCCCCCCCCC(=O)NCCCCC(NC(=O)CCCCCCCCCC[n+]1ccc(-c2ccccc2)cc1)C(=O)OCC. The van der Waals surface area contributed by atoms with Crippen LogP contribution in [0.5, 0.6) is 0 Å². The van der Waals surface area contributed by atoms with Gasteiger partial charge in [0.15, 0.2) is 12.4 Å². The van der Waals surface area contributed by atoms with Crippen molar-refractivity contribution in [2.45, 2.75) is 168 Å². The number of pyridine rings is 1. The maximum atomic E-state index is 12.6. The maximum absolute atomic E-state index is 12.6. The summed E-state index contributed by atoms with van der Waals surface area (Å²) in [6.07, 6.45) is 27.7. The molecule has 2 amide bonds. The number of esters is 1. The Kier molecular flexibility index (Phi) is 24.5. The molecule has 0 radical (unpaired) electrons. The van der Waals surface area contributed by atoms with Gasteiger partial charge in [0.2, 0.25) is 11.8 Å². The zero-order valence-corrected chi connectivity index (χ0v) is 31.0. The van der Waals surface area contributed by atoms with Crippen LogP contribution in [0, 0.1) is 0 Å². The van der Waals surface area contributed by atoms with E-state index >= 15 is 0 Å². The first-order valence-corrected chi connectivity index (χ1v) is 19.8. The van der Waals surface area contributed by atoms with E-state index in [1.165, 1.54) is 88.2 Å². The zero-order chi connectivity index (χ0) is 35.2. The highest BCUT2D eigenvalue weighted by atomic mass is 16.5. The minimum absolute atomic E-state index is 0.0818. The van der Waals surface area contributed by atoms with Crippen molar-refractivity contribution in [1.82, 2.24) is 10.6 Å². The molecule has 1 heterocycles. The summed E-state index contributed by atoms with van der Waals surface area (Å²) in [6.45, 7) is 5.96. The minimum Gasteiger partial charge on any atom is -0.464 e. The van der Waals surface area contributed by atoms with Gasteiger partial charge < -0.3 is 15.4 Å². The molecule has 49 heavy (non-hydrogen) atoms. The van der Waals surface area contributed by atoms with E-state index in [9.17, 15) is 14.4 Å². The van der Waals surface area contributed by atoms with Crippen LogP contribution in [-0.4, -0.2) is 37.0 Å². The Bertz CT molecular complexity index is 1120. The van der Waals surface area contributed by atoms with Gasteiger partial charge in [0.1, 0.15) is 12.6 Å².